The second-order valence-corrected chi connectivity index (χ2v) is 6.57. The van der Waals surface area contributed by atoms with Crippen LogP contribution in [0.5, 0.6) is 5.88 Å². The molecule has 0 aromatic carbocycles. The second kappa shape index (κ2) is 5.63. The van der Waals surface area contributed by atoms with E-state index in [1.807, 2.05) is 18.7 Å². The number of ether oxygens (including phenoxy) is 1. The third-order valence-corrected chi connectivity index (χ3v) is 4.85. The predicted molar refractivity (Wildman–Crippen MR) is 83.2 cm³/mol. The van der Waals surface area contributed by atoms with E-state index in [0.717, 1.165) is 42.7 Å². The van der Waals surface area contributed by atoms with Crippen LogP contribution in [-0.2, 0) is 13.6 Å². The minimum Gasteiger partial charge on any atom is -0.481 e. The molecule has 0 bridgehead atoms. The van der Waals surface area contributed by atoms with Gasteiger partial charge in [0.2, 0.25) is 17.7 Å². The van der Waals surface area contributed by atoms with Crippen LogP contribution in [0.25, 0.3) is 0 Å². The summed E-state index contributed by atoms with van der Waals surface area (Å²) in [7, 11) is 3.63. The molecule has 2 fully saturated rings. The van der Waals surface area contributed by atoms with Gasteiger partial charge in [0.05, 0.1) is 24.9 Å². The van der Waals surface area contributed by atoms with Crippen LogP contribution in [0.1, 0.15) is 60.7 Å². The molecule has 0 N–H and O–H groups in total. The maximum Gasteiger partial charge on any atom is 0.230 e. The molecule has 7 heteroatoms. The smallest absolute Gasteiger partial charge is 0.230 e. The van der Waals surface area contributed by atoms with E-state index < -0.39 is 0 Å². The zero-order valence-electron chi connectivity index (χ0n) is 13.9. The highest BCUT2D eigenvalue weighted by Gasteiger charge is 2.34. The van der Waals surface area contributed by atoms with Crippen molar-refractivity contribution in [1.29, 1.82) is 0 Å². The summed E-state index contributed by atoms with van der Waals surface area (Å²) in [5, 5.41) is 12.9. The Morgan fingerprint density at radius 1 is 1.26 bits per heavy atom. The lowest BCUT2D eigenvalue weighted by Crippen LogP contribution is -2.23. The summed E-state index contributed by atoms with van der Waals surface area (Å²) >= 11 is 0. The highest BCUT2D eigenvalue weighted by atomic mass is 16.5. The zero-order chi connectivity index (χ0) is 16.0. The van der Waals surface area contributed by atoms with Crippen LogP contribution < -0.4 is 4.74 Å². The molecule has 0 spiro atoms. The number of rotatable bonds is 5. The summed E-state index contributed by atoms with van der Waals surface area (Å²) in [6, 6.07) is 0.301. The number of aromatic nitrogens is 4. The molecule has 0 unspecified atom stereocenters. The molecule has 2 aromatic rings. The van der Waals surface area contributed by atoms with Gasteiger partial charge in [0, 0.05) is 19.0 Å². The number of hydrogen-bond acceptors (Lipinski definition) is 6. The Bertz CT molecular complexity index is 703. The third-order valence-electron chi connectivity index (χ3n) is 4.85. The van der Waals surface area contributed by atoms with Gasteiger partial charge in [-0.1, -0.05) is 0 Å². The van der Waals surface area contributed by atoms with Crippen LogP contribution in [0.2, 0.25) is 0 Å². The van der Waals surface area contributed by atoms with E-state index in [-0.39, 0.29) is 0 Å². The van der Waals surface area contributed by atoms with E-state index in [9.17, 15) is 0 Å². The van der Waals surface area contributed by atoms with Crippen molar-refractivity contribution in [3.63, 3.8) is 0 Å². The summed E-state index contributed by atoms with van der Waals surface area (Å²) in [5.74, 6) is 2.89. The lowest BCUT2D eigenvalue weighted by atomic mass is 10.1. The number of hydrogen-bond donors (Lipinski definition) is 0. The van der Waals surface area contributed by atoms with Gasteiger partial charge in [0.25, 0.3) is 0 Å². The summed E-state index contributed by atoms with van der Waals surface area (Å²) in [4.78, 5) is 2.40. The first-order chi connectivity index (χ1) is 11.2. The number of nitrogens with zero attached hydrogens (tertiary/aromatic N) is 5. The standard InChI is InChI=1S/C16H23N5O2/c1-10-14(16(22-3)20(2)19-10)12-5-4-8-21(12)9-13-17-18-15(23-13)11-6-7-11/h11-12H,4-9H2,1-3H3/t12-/m1/s1. The normalized spacial score (nSPS) is 22.0. The topological polar surface area (TPSA) is 69.2 Å². The van der Waals surface area contributed by atoms with Crippen molar-refractivity contribution in [2.45, 2.75) is 51.1 Å². The molecule has 0 amide bonds. The molecule has 3 heterocycles. The minimum atomic E-state index is 0.301. The molecular formula is C16H23N5O2. The van der Waals surface area contributed by atoms with Crippen LogP contribution >= 0.6 is 0 Å². The highest BCUT2D eigenvalue weighted by molar-refractivity contribution is 5.35. The van der Waals surface area contributed by atoms with Crippen molar-refractivity contribution in [3.8, 4) is 5.88 Å². The van der Waals surface area contributed by atoms with E-state index in [2.05, 4.69) is 20.2 Å². The first-order valence-electron chi connectivity index (χ1n) is 8.31. The second-order valence-electron chi connectivity index (χ2n) is 6.57. The third kappa shape index (κ3) is 2.63. The number of methoxy groups -OCH3 is 1. The van der Waals surface area contributed by atoms with Gasteiger partial charge in [-0.2, -0.15) is 5.10 Å². The fourth-order valence-corrected chi connectivity index (χ4v) is 3.62. The molecule has 2 aliphatic rings. The Kier molecular flexibility index (Phi) is 3.60. The van der Waals surface area contributed by atoms with Crippen molar-refractivity contribution in [2.75, 3.05) is 13.7 Å². The molecule has 1 atom stereocenters. The highest BCUT2D eigenvalue weighted by Crippen LogP contribution is 2.41. The summed E-state index contributed by atoms with van der Waals surface area (Å²) in [6.07, 6.45) is 4.62. The largest absolute Gasteiger partial charge is 0.481 e. The van der Waals surface area contributed by atoms with Gasteiger partial charge in [-0.15, -0.1) is 10.2 Å². The Labute approximate surface area is 135 Å². The van der Waals surface area contributed by atoms with E-state index in [1.54, 1.807) is 7.11 Å². The number of aryl methyl sites for hydroxylation is 2. The van der Waals surface area contributed by atoms with E-state index in [1.165, 1.54) is 18.4 Å². The van der Waals surface area contributed by atoms with Crippen molar-refractivity contribution in [1.82, 2.24) is 24.9 Å². The first-order valence-corrected chi connectivity index (χ1v) is 8.31. The molecule has 1 saturated heterocycles. The van der Waals surface area contributed by atoms with Crippen molar-refractivity contribution in [3.05, 3.63) is 23.0 Å². The Morgan fingerprint density at radius 2 is 2.09 bits per heavy atom. The van der Waals surface area contributed by atoms with Gasteiger partial charge in [0.1, 0.15) is 0 Å². The predicted octanol–water partition coefficient (Wildman–Crippen LogP) is 2.33. The zero-order valence-corrected chi connectivity index (χ0v) is 13.9. The summed E-state index contributed by atoms with van der Waals surface area (Å²) in [5.41, 5.74) is 2.22. The Morgan fingerprint density at radius 3 is 2.83 bits per heavy atom. The average molecular weight is 317 g/mol. The SMILES string of the molecule is COc1c([C@H]2CCCN2Cc2nnc(C3CC3)o2)c(C)nn1C. The molecule has 1 saturated carbocycles. The van der Waals surface area contributed by atoms with Crippen molar-refractivity contribution in [2.24, 2.45) is 7.05 Å². The fourth-order valence-electron chi connectivity index (χ4n) is 3.62. The lowest BCUT2D eigenvalue weighted by molar-refractivity contribution is 0.216. The molecule has 4 rings (SSSR count). The van der Waals surface area contributed by atoms with Gasteiger partial charge < -0.3 is 9.15 Å². The molecule has 1 aliphatic carbocycles. The van der Waals surface area contributed by atoms with E-state index in [0.29, 0.717) is 18.5 Å². The molecular weight excluding hydrogens is 294 g/mol. The quantitative estimate of drug-likeness (QED) is 0.843. The average Bonchev–Trinajstić information content (AvgIpc) is 2.98. The van der Waals surface area contributed by atoms with Crippen LogP contribution in [0.4, 0.5) is 0 Å². The van der Waals surface area contributed by atoms with Gasteiger partial charge in [-0.05, 0) is 39.2 Å². The minimum absolute atomic E-state index is 0.301. The Hall–Kier alpha value is -1.89. The molecule has 7 nitrogen and oxygen atoms in total. The molecule has 23 heavy (non-hydrogen) atoms. The van der Waals surface area contributed by atoms with E-state index >= 15 is 0 Å². The van der Waals surface area contributed by atoms with Crippen LogP contribution in [0.15, 0.2) is 4.42 Å². The van der Waals surface area contributed by atoms with Crippen molar-refractivity contribution < 1.29 is 9.15 Å². The van der Waals surface area contributed by atoms with Crippen molar-refractivity contribution >= 4 is 0 Å². The number of likely N-dealkylation sites (tertiary alicyclic amines) is 1. The fraction of sp³-hybridized carbons (Fsp3) is 0.688. The van der Waals surface area contributed by atoms with Gasteiger partial charge >= 0.3 is 0 Å². The summed E-state index contributed by atoms with van der Waals surface area (Å²) in [6.45, 7) is 3.78. The monoisotopic (exact) mass is 317 g/mol. The summed E-state index contributed by atoms with van der Waals surface area (Å²) < 4.78 is 13.2. The molecule has 124 valence electrons. The van der Waals surface area contributed by atoms with Gasteiger partial charge in [0.15, 0.2) is 0 Å². The van der Waals surface area contributed by atoms with Crippen LogP contribution in [0.3, 0.4) is 0 Å². The Balaban J connectivity index is 1.56. The first kappa shape index (κ1) is 14.7. The van der Waals surface area contributed by atoms with Crippen LogP contribution in [0, 0.1) is 6.92 Å². The van der Waals surface area contributed by atoms with Gasteiger partial charge in [-0.25, -0.2) is 4.68 Å². The van der Waals surface area contributed by atoms with Gasteiger partial charge in [-0.3, -0.25) is 4.90 Å². The van der Waals surface area contributed by atoms with E-state index in [4.69, 9.17) is 9.15 Å². The lowest BCUT2D eigenvalue weighted by Gasteiger charge is -2.23. The molecule has 1 aliphatic heterocycles. The molecule has 0 radical (unpaired) electrons. The maximum absolute atomic E-state index is 5.83. The molecule has 2 aromatic heterocycles. The van der Waals surface area contributed by atoms with Crippen LogP contribution in [-0.4, -0.2) is 38.5 Å². The maximum atomic E-state index is 5.83.